The predicted molar refractivity (Wildman–Crippen MR) is 155 cm³/mol. The fourth-order valence-electron chi connectivity index (χ4n) is 5.14. The van der Waals surface area contributed by atoms with Crippen LogP contribution in [0.15, 0.2) is 66.7 Å². The number of anilines is 2. The van der Waals surface area contributed by atoms with E-state index in [4.69, 9.17) is 14.3 Å². The highest BCUT2D eigenvalue weighted by atomic mass is 16.7. The molecule has 3 aromatic carbocycles. The fourth-order valence-corrected chi connectivity index (χ4v) is 5.14. The summed E-state index contributed by atoms with van der Waals surface area (Å²) >= 11 is 0. The molecule has 1 aliphatic rings. The highest BCUT2D eigenvalue weighted by Gasteiger charge is 2.36. The summed E-state index contributed by atoms with van der Waals surface area (Å²) in [5.41, 5.74) is 3.89. The Balaban J connectivity index is 1.32. The molecule has 12 nitrogen and oxygen atoms in total. The maximum atomic E-state index is 13.8. The number of carbonyl (C=O) groups is 2. The van der Waals surface area contributed by atoms with Gasteiger partial charge in [0.05, 0.1) is 18.0 Å². The lowest BCUT2D eigenvalue weighted by Crippen LogP contribution is -2.28. The van der Waals surface area contributed by atoms with Gasteiger partial charge in [-0.25, -0.2) is 4.79 Å². The molecule has 0 aliphatic carbocycles. The molecule has 1 unspecified atom stereocenters. The van der Waals surface area contributed by atoms with Gasteiger partial charge in [0, 0.05) is 48.8 Å². The maximum Gasteiger partial charge on any atom is 0.333 e. The first-order chi connectivity index (χ1) is 20.5. The summed E-state index contributed by atoms with van der Waals surface area (Å²) in [5, 5.41) is 30.5. The molecular weight excluding hydrogens is 558 g/mol. The normalized spacial score (nSPS) is 13.6. The third-order valence-corrected chi connectivity index (χ3v) is 7.16. The van der Waals surface area contributed by atoms with Gasteiger partial charge in [0.25, 0.3) is 5.69 Å². The molecule has 0 fully saturated rings. The van der Waals surface area contributed by atoms with Gasteiger partial charge in [0.15, 0.2) is 0 Å². The second kappa shape index (κ2) is 11.8. The summed E-state index contributed by atoms with van der Waals surface area (Å²) in [7, 11) is 1.88. The largest absolute Gasteiger partial charge is 0.494 e. The van der Waals surface area contributed by atoms with E-state index in [0.29, 0.717) is 33.6 Å². The van der Waals surface area contributed by atoms with Crippen molar-refractivity contribution in [3.63, 3.8) is 0 Å². The van der Waals surface area contributed by atoms with Gasteiger partial charge in [0.1, 0.15) is 17.4 Å². The zero-order chi connectivity index (χ0) is 30.8. The number of non-ortho nitro benzene ring substituents is 1. The van der Waals surface area contributed by atoms with Crippen molar-refractivity contribution in [2.24, 2.45) is 0 Å². The quantitative estimate of drug-likeness (QED) is 0.0893. The van der Waals surface area contributed by atoms with E-state index in [1.807, 2.05) is 42.3 Å². The number of aromatic nitrogens is 1. The Morgan fingerprint density at radius 2 is 1.58 bits per heavy atom. The zero-order valence-electron chi connectivity index (χ0n) is 23.6. The van der Waals surface area contributed by atoms with Gasteiger partial charge in [-0.3, -0.25) is 14.9 Å². The Kier molecular flexibility index (Phi) is 7.93. The smallest absolute Gasteiger partial charge is 0.333 e. The van der Waals surface area contributed by atoms with E-state index < -0.39 is 34.5 Å². The number of rotatable bonds is 9. The Morgan fingerprint density at radius 3 is 2.26 bits per heavy atom. The summed E-state index contributed by atoms with van der Waals surface area (Å²) in [4.78, 5) is 43.5. The fraction of sp³-hybridized carbons (Fsp3) is 0.226. The molecule has 5 rings (SSSR count). The SMILES string of the molecule is Cc1cc([N+](=O)[O-])cc(C)c1OC(=O)C1c2ccccc2N(C)c2cc(OCCCC(=O)On3c(O)ccc3O)ccc21. The van der Waals surface area contributed by atoms with Gasteiger partial charge < -0.3 is 29.4 Å². The molecular formula is C31H29N3O9. The highest BCUT2D eigenvalue weighted by Crippen LogP contribution is 2.46. The molecule has 0 saturated heterocycles. The molecule has 12 heteroatoms. The topological polar surface area (TPSA) is 154 Å². The molecule has 0 amide bonds. The third kappa shape index (κ3) is 5.80. The summed E-state index contributed by atoms with van der Waals surface area (Å²) in [5.74, 6) is -1.94. The van der Waals surface area contributed by atoms with Crippen molar-refractivity contribution >= 4 is 29.0 Å². The van der Waals surface area contributed by atoms with E-state index in [2.05, 4.69) is 0 Å². The van der Waals surface area contributed by atoms with Gasteiger partial charge in [-0.05, 0) is 54.7 Å². The number of nitro groups is 1. The first-order valence-corrected chi connectivity index (χ1v) is 13.4. The number of para-hydroxylation sites is 1. The lowest BCUT2D eigenvalue weighted by Gasteiger charge is -2.34. The van der Waals surface area contributed by atoms with Crippen LogP contribution in [0.25, 0.3) is 0 Å². The number of fused-ring (bicyclic) bond motifs is 2. The van der Waals surface area contributed by atoms with E-state index >= 15 is 0 Å². The number of ether oxygens (including phenoxy) is 2. The minimum absolute atomic E-state index is 0.0231. The van der Waals surface area contributed by atoms with Gasteiger partial charge >= 0.3 is 11.9 Å². The molecule has 1 aliphatic heterocycles. The van der Waals surface area contributed by atoms with E-state index in [1.165, 1.54) is 24.3 Å². The second-order valence-corrected chi connectivity index (χ2v) is 10.1. The molecule has 0 saturated carbocycles. The van der Waals surface area contributed by atoms with Crippen molar-refractivity contribution in [3.8, 4) is 23.3 Å². The molecule has 43 heavy (non-hydrogen) atoms. The Hall–Kier alpha value is -5.52. The van der Waals surface area contributed by atoms with Gasteiger partial charge in [-0.2, -0.15) is 0 Å². The van der Waals surface area contributed by atoms with Crippen LogP contribution in [-0.2, 0) is 9.59 Å². The van der Waals surface area contributed by atoms with Crippen molar-refractivity contribution in [2.45, 2.75) is 32.6 Å². The monoisotopic (exact) mass is 587 g/mol. The first kappa shape index (κ1) is 29.0. The minimum atomic E-state index is -0.762. The van der Waals surface area contributed by atoms with E-state index in [1.54, 1.807) is 26.0 Å². The van der Waals surface area contributed by atoms with Crippen LogP contribution in [0.2, 0.25) is 0 Å². The molecule has 0 radical (unpaired) electrons. The molecule has 0 bridgehead atoms. The average molecular weight is 588 g/mol. The summed E-state index contributed by atoms with van der Waals surface area (Å²) in [6, 6.07) is 18.0. The second-order valence-electron chi connectivity index (χ2n) is 10.1. The van der Waals surface area contributed by atoms with Gasteiger partial charge in [-0.15, -0.1) is 4.73 Å². The number of benzene rings is 3. The van der Waals surface area contributed by atoms with Crippen LogP contribution in [-0.4, -0.2) is 45.5 Å². The Labute approximate surface area is 246 Å². The average Bonchev–Trinajstić information content (AvgIpc) is 3.29. The number of nitrogens with zero attached hydrogens (tertiary/aromatic N) is 3. The van der Waals surface area contributed by atoms with Crippen molar-refractivity contribution in [2.75, 3.05) is 18.6 Å². The van der Waals surface area contributed by atoms with Crippen molar-refractivity contribution in [1.82, 2.24) is 4.73 Å². The molecule has 4 aromatic rings. The summed E-state index contributed by atoms with van der Waals surface area (Å²) < 4.78 is 12.4. The standard InChI is InChI=1S/C31H29N3O9/c1-18-15-20(34(39)40)16-19(2)30(18)42-31(38)29-22-7-4-5-8-24(22)32(3)25-17-21(10-11-23(25)29)41-14-6-9-28(37)43-33-26(35)12-13-27(33)36/h4-5,7-8,10-13,15-17,29,35-36H,6,9,14H2,1-3H3. The van der Waals surface area contributed by atoms with Crippen LogP contribution in [0.3, 0.4) is 0 Å². The highest BCUT2D eigenvalue weighted by molar-refractivity contribution is 5.92. The lowest BCUT2D eigenvalue weighted by molar-refractivity contribution is -0.385. The number of nitro benzene ring substituents is 1. The number of aromatic hydroxyl groups is 2. The van der Waals surface area contributed by atoms with Crippen LogP contribution >= 0.6 is 0 Å². The maximum absolute atomic E-state index is 13.8. The third-order valence-electron chi connectivity index (χ3n) is 7.16. The molecule has 2 heterocycles. The number of hydrogen-bond acceptors (Lipinski definition) is 10. The lowest BCUT2D eigenvalue weighted by atomic mass is 9.85. The molecule has 1 atom stereocenters. The number of esters is 1. The number of hydrogen-bond donors (Lipinski definition) is 2. The Morgan fingerprint density at radius 1 is 0.930 bits per heavy atom. The molecule has 1 aromatic heterocycles. The number of carbonyl (C=O) groups excluding carboxylic acids is 2. The summed E-state index contributed by atoms with van der Waals surface area (Å²) in [6.07, 6.45) is 0.283. The van der Waals surface area contributed by atoms with E-state index in [0.717, 1.165) is 16.9 Å². The van der Waals surface area contributed by atoms with Crippen LogP contribution in [0.4, 0.5) is 17.1 Å². The van der Waals surface area contributed by atoms with Crippen molar-refractivity contribution in [1.29, 1.82) is 0 Å². The zero-order valence-corrected chi connectivity index (χ0v) is 23.6. The van der Waals surface area contributed by atoms with Crippen molar-refractivity contribution in [3.05, 3.63) is 99.1 Å². The van der Waals surface area contributed by atoms with E-state index in [9.17, 15) is 29.9 Å². The van der Waals surface area contributed by atoms with E-state index in [-0.39, 0.29) is 24.5 Å². The predicted octanol–water partition coefficient (Wildman–Crippen LogP) is 5.06. The van der Waals surface area contributed by atoms with Crippen molar-refractivity contribution < 1.29 is 39.0 Å². The molecule has 0 spiro atoms. The van der Waals surface area contributed by atoms with Crippen LogP contribution in [0.1, 0.15) is 41.0 Å². The Bertz CT molecular complexity index is 1690. The van der Waals surface area contributed by atoms with Crippen LogP contribution in [0, 0.1) is 24.0 Å². The number of aryl methyl sites for hydroxylation is 2. The van der Waals surface area contributed by atoms with Crippen LogP contribution in [0.5, 0.6) is 23.3 Å². The van der Waals surface area contributed by atoms with Crippen LogP contribution < -0.4 is 19.2 Å². The molecule has 2 N–H and O–H groups in total. The van der Waals surface area contributed by atoms with Gasteiger partial charge in [0.2, 0.25) is 11.8 Å². The minimum Gasteiger partial charge on any atom is -0.494 e. The first-order valence-electron chi connectivity index (χ1n) is 13.4. The van der Waals surface area contributed by atoms with Gasteiger partial charge in [-0.1, -0.05) is 24.3 Å². The summed E-state index contributed by atoms with van der Waals surface area (Å²) in [6.45, 7) is 3.51. The molecule has 222 valence electrons.